The summed E-state index contributed by atoms with van der Waals surface area (Å²) in [5, 5.41) is 0. The Balaban J connectivity index is 2.22. The van der Waals surface area contributed by atoms with Gasteiger partial charge in [-0.1, -0.05) is 0 Å². The Bertz CT molecular complexity index is 456. The van der Waals surface area contributed by atoms with Gasteiger partial charge in [0.1, 0.15) is 5.82 Å². The van der Waals surface area contributed by atoms with Crippen molar-refractivity contribution < 1.29 is 13.9 Å². The zero-order valence-electron chi connectivity index (χ0n) is 10.4. The standard InChI is InChI=1S/C13H16FNO2S/c1-8-6-15(7-9(2)17-8)13(16)11-5-10(18)3-4-12(11)14/h3-5,8-9,18H,6-7H2,1-2H3/t8-,9+. The van der Waals surface area contributed by atoms with Crippen molar-refractivity contribution in [1.82, 2.24) is 4.90 Å². The van der Waals surface area contributed by atoms with Gasteiger partial charge in [-0.05, 0) is 32.0 Å². The molecule has 1 aromatic carbocycles. The second-order valence-corrected chi connectivity index (χ2v) is 5.15. The summed E-state index contributed by atoms with van der Waals surface area (Å²) in [5.41, 5.74) is 0.0730. The summed E-state index contributed by atoms with van der Waals surface area (Å²) in [6.07, 6.45) is -0.0557. The number of halogens is 1. The van der Waals surface area contributed by atoms with Gasteiger partial charge in [0.25, 0.3) is 5.91 Å². The maximum Gasteiger partial charge on any atom is 0.257 e. The number of thiol groups is 1. The molecule has 2 rings (SSSR count). The molecule has 5 heteroatoms. The number of benzene rings is 1. The largest absolute Gasteiger partial charge is 0.372 e. The molecule has 0 aromatic heterocycles. The number of hydrogen-bond acceptors (Lipinski definition) is 3. The summed E-state index contributed by atoms with van der Waals surface area (Å²) in [6, 6.07) is 4.26. The van der Waals surface area contributed by atoms with Crippen LogP contribution in [0.4, 0.5) is 4.39 Å². The first-order chi connectivity index (χ1) is 8.47. The van der Waals surface area contributed by atoms with E-state index in [0.717, 1.165) is 0 Å². The zero-order valence-corrected chi connectivity index (χ0v) is 11.3. The predicted molar refractivity (Wildman–Crippen MR) is 69.6 cm³/mol. The molecule has 1 aromatic rings. The molecule has 0 spiro atoms. The van der Waals surface area contributed by atoms with Crippen LogP contribution in [0.1, 0.15) is 24.2 Å². The van der Waals surface area contributed by atoms with Gasteiger partial charge >= 0.3 is 0 Å². The lowest BCUT2D eigenvalue weighted by Crippen LogP contribution is -2.48. The molecule has 1 heterocycles. The Morgan fingerprint density at radius 3 is 2.61 bits per heavy atom. The molecule has 0 aliphatic carbocycles. The first kappa shape index (κ1) is 13.4. The highest BCUT2D eigenvalue weighted by Crippen LogP contribution is 2.18. The number of nitrogens with zero attached hydrogens (tertiary/aromatic N) is 1. The molecule has 0 unspecified atom stereocenters. The molecule has 2 atom stereocenters. The van der Waals surface area contributed by atoms with Crippen LogP contribution in [0.15, 0.2) is 23.1 Å². The van der Waals surface area contributed by atoms with Gasteiger partial charge in [0, 0.05) is 18.0 Å². The SMILES string of the molecule is C[C@@H]1CN(C(=O)c2cc(S)ccc2F)C[C@H](C)O1. The van der Waals surface area contributed by atoms with Crippen molar-refractivity contribution in [2.24, 2.45) is 0 Å². The average Bonchev–Trinajstić information content (AvgIpc) is 2.30. The Hall–Kier alpha value is -1.07. The molecule has 1 amide bonds. The third kappa shape index (κ3) is 2.84. The van der Waals surface area contributed by atoms with Crippen LogP contribution in [0.3, 0.4) is 0 Å². The van der Waals surface area contributed by atoms with Gasteiger partial charge < -0.3 is 9.64 Å². The number of morpholine rings is 1. The minimum absolute atomic E-state index is 0.0278. The van der Waals surface area contributed by atoms with Crippen molar-refractivity contribution in [1.29, 1.82) is 0 Å². The third-order valence-electron chi connectivity index (χ3n) is 2.89. The molecule has 0 saturated carbocycles. The summed E-state index contributed by atoms with van der Waals surface area (Å²) < 4.78 is 19.2. The van der Waals surface area contributed by atoms with Gasteiger partial charge in [-0.15, -0.1) is 12.6 Å². The Morgan fingerprint density at radius 1 is 1.39 bits per heavy atom. The molecule has 1 saturated heterocycles. The molecule has 0 radical (unpaired) electrons. The van der Waals surface area contributed by atoms with Crippen LogP contribution in [0.2, 0.25) is 0 Å². The van der Waals surface area contributed by atoms with E-state index >= 15 is 0 Å². The highest BCUT2D eigenvalue weighted by Gasteiger charge is 2.27. The number of amides is 1. The van der Waals surface area contributed by atoms with Crippen molar-refractivity contribution >= 4 is 18.5 Å². The lowest BCUT2D eigenvalue weighted by molar-refractivity contribution is -0.0587. The molecule has 3 nitrogen and oxygen atoms in total. The van der Waals surface area contributed by atoms with Crippen LogP contribution in [0.25, 0.3) is 0 Å². The fourth-order valence-corrected chi connectivity index (χ4v) is 2.39. The van der Waals surface area contributed by atoms with E-state index in [0.29, 0.717) is 18.0 Å². The summed E-state index contributed by atoms with van der Waals surface area (Å²) >= 11 is 4.13. The molecule has 1 fully saturated rings. The summed E-state index contributed by atoms with van der Waals surface area (Å²) in [6.45, 7) is 4.78. The third-order valence-corrected chi connectivity index (χ3v) is 3.17. The van der Waals surface area contributed by atoms with E-state index < -0.39 is 5.82 Å². The van der Waals surface area contributed by atoms with Crippen LogP contribution in [-0.4, -0.2) is 36.1 Å². The molecular weight excluding hydrogens is 253 g/mol. The lowest BCUT2D eigenvalue weighted by Gasteiger charge is -2.35. The van der Waals surface area contributed by atoms with Crippen molar-refractivity contribution in [3.05, 3.63) is 29.6 Å². The fraction of sp³-hybridized carbons (Fsp3) is 0.462. The van der Waals surface area contributed by atoms with Crippen molar-refractivity contribution in [3.8, 4) is 0 Å². The van der Waals surface area contributed by atoms with Gasteiger partial charge in [-0.3, -0.25) is 4.79 Å². The quantitative estimate of drug-likeness (QED) is 0.793. The molecule has 0 bridgehead atoms. The van der Waals surface area contributed by atoms with E-state index in [-0.39, 0.29) is 23.7 Å². The normalized spacial score (nSPS) is 24.1. The molecule has 1 aliphatic rings. The number of carbonyl (C=O) groups excluding carboxylic acids is 1. The van der Waals surface area contributed by atoms with E-state index in [9.17, 15) is 9.18 Å². The second-order valence-electron chi connectivity index (χ2n) is 4.63. The first-order valence-electron chi connectivity index (χ1n) is 5.90. The van der Waals surface area contributed by atoms with E-state index in [4.69, 9.17) is 4.74 Å². The van der Waals surface area contributed by atoms with Gasteiger partial charge in [-0.2, -0.15) is 0 Å². The average molecular weight is 269 g/mol. The molecule has 1 aliphatic heterocycles. The van der Waals surface area contributed by atoms with Crippen LogP contribution in [-0.2, 0) is 4.74 Å². The van der Waals surface area contributed by atoms with Crippen molar-refractivity contribution in [2.45, 2.75) is 31.0 Å². The molecule has 18 heavy (non-hydrogen) atoms. The highest BCUT2D eigenvalue weighted by molar-refractivity contribution is 7.80. The highest BCUT2D eigenvalue weighted by atomic mass is 32.1. The van der Waals surface area contributed by atoms with E-state index in [1.165, 1.54) is 18.2 Å². The van der Waals surface area contributed by atoms with Gasteiger partial charge in [0.15, 0.2) is 0 Å². The van der Waals surface area contributed by atoms with E-state index in [2.05, 4.69) is 12.6 Å². The lowest BCUT2D eigenvalue weighted by atomic mass is 10.1. The minimum Gasteiger partial charge on any atom is -0.372 e. The summed E-state index contributed by atoms with van der Waals surface area (Å²) in [4.78, 5) is 14.5. The maximum atomic E-state index is 13.7. The number of ether oxygens (including phenoxy) is 1. The fourth-order valence-electron chi connectivity index (χ4n) is 2.19. The Kier molecular flexibility index (Phi) is 3.92. The summed E-state index contributed by atoms with van der Waals surface area (Å²) in [5.74, 6) is -0.810. The Morgan fingerprint density at radius 2 is 2.00 bits per heavy atom. The van der Waals surface area contributed by atoms with Crippen LogP contribution < -0.4 is 0 Å². The van der Waals surface area contributed by atoms with Crippen molar-refractivity contribution in [3.63, 3.8) is 0 Å². The van der Waals surface area contributed by atoms with Crippen LogP contribution >= 0.6 is 12.6 Å². The first-order valence-corrected chi connectivity index (χ1v) is 6.35. The number of carbonyl (C=O) groups is 1. The van der Waals surface area contributed by atoms with Gasteiger partial charge in [-0.25, -0.2) is 4.39 Å². The minimum atomic E-state index is -0.510. The monoisotopic (exact) mass is 269 g/mol. The summed E-state index contributed by atoms with van der Waals surface area (Å²) in [7, 11) is 0. The van der Waals surface area contributed by atoms with E-state index in [1.54, 1.807) is 4.90 Å². The molecule has 0 N–H and O–H groups in total. The Labute approximate surface area is 111 Å². The van der Waals surface area contributed by atoms with Crippen LogP contribution in [0, 0.1) is 5.82 Å². The van der Waals surface area contributed by atoms with E-state index in [1.807, 2.05) is 13.8 Å². The number of hydrogen-bond donors (Lipinski definition) is 1. The topological polar surface area (TPSA) is 29.5 Å². The predicted octanol–water partition coefficient (Wildman–Crippen LogP) is 2.36. The zero-order chi connectivity index (χ0) is 13.3. The molecular formula is C13H16FNO2S. The number of rotatable bonds is 1. The smallest absolute Gasteiger partial charge is 0.257 e. The van der Waals surface area contributed by atoms with Gasteiger partial charge in [0.2, 0.25) is 0 Å². The van der Waals surface area contributed by atoms with Crippen LogP contribution in [0.5, 0.6) is 0 Å². The maximum absolute atomic E-state index is 13.7. The molecule has 98 valence electrons. The second kappa shape index (κ2) is 5.28. The van der Waals surface area contributed by atoms with Crippen molar-refractivity contribution in [2.75, 3.05) is 13.1 Å². The van der Waals surface area contributed by atoms with Gasteiger partial charge in [0.05, 0.1) is 17.8 Å².